The van der Waals surface area contributed by atoms with E-state index in [4.69, 9.17) is 4.42 Å². The fourth-order valence-corrected chi connectivity index (χ4v) is 3.36. The zero-order valence-electron chi connectivity index (χ0n) is 15.6. The summed E-state index contributed by atoms with van der Waals surface area (Å²) in [4.78, 5) is 26.5. The van der Waals surface area contributed by atoms with E-state index in [9.17, 15) is 9.59 Å². The van der Waals surface area contributed by atoms with E-state index in [-0.39, 0.29) is 23.3 Å². The molecule has 0 saturated heterocycles. The van der Waals surface area contributed by atoms with Gasteiger partial charge in [0.1, 0.15) is 5.76 Å². The Bertz CT molecular complexity index is 810. The number of hydrogen-bond donors (Lipinski definition) is 2. The molecule has 0 unspecified atom stereocenters. The number of anilines is 1. The highest BCUT2D eigenvalue weighted by Gasteiger charge is 2.32. The fourth-order valence-electron chi connectivity index (χ4n) is 3.36. The number of amides is 2. The number of carbonyl (C=O) groups is 2. The smallest absolute Gasteiger partial charge is 0.251 e. The van der Waals surface area contributed by atoms with E-state index in [2.05, 4.69) is 10.6 Å². The molecule has 1 atom stereocenters. The minimum absolute atomic E-state index is 0.00646. The van der Waals surface area contributed by atoms with Crippen LogP contribution in [0.4, 0.5) is 5.69 Å². The Labute approximate surface area is 153 Å². The minimum Gasteiger partial charge on any atom is -0.468 e. The predicted molar refractivity (Wildman–Crippen MR) is 100 cm³/mol. The van der Waals surface area contributed by atoms with Crippen molar-refractivity contribution in [2.45, 2.75) is 31.7 Å². The van der Waals surface area contributed by atoms with Gasteiger partial charge in [-0.2, -0.15) is 0 Å². The molecule has 0 radical (unpaired) electrons. The average Bonchev–Trinajstić information content (AvgIpc) is 3.07. The maximum absolute atomic E-state index is 12.7. The van der Waals surface area contributed by atoms with Crippen LogP contribution in [-0.2, 0) is 10.2 Å². The van der Waals surface area contributed by atoms with Crippen molar-refractivity contribution in [2.24, 2.45) is 0 Å². The van der Waals surface area contributed by atoms with Crippen molar-refractivity contribution in [3.8, 4) is 0 Å². The average molecular weight is 355 g/mol. The van der Waals surface area contributed by atoms with Crippen molar-refractivity contribution in [1.29, 1.82) is 0 Å². The maximum Gasteiger partial charge on any atom is 0.251 e. The van der Waals surface area contributed by atoms with E-state index in [1.165, 1.54) is 0 Å². The second-order valence-electron chi connectivity index (χ2n) is 7.57. The van der Waals surface area contributed by atoms with Gasteiger partial charge in [0.2, 0.25) is 5.91 Å². The summed E-state index contributed by atoms with van der Waals surface area (Å²) in [6.45, 7) is 4.48. The van der Waals surface area contributed by atoms with Crippen LogP contribution in [0.1, 0.15) is 48.0 Å². The standard InChI is InChI=1S/C20H25N3O3/c1-20(2)11-18(24)22-15-8-7-13(10-14(15)20)19(25)21-12-16(23(3)4)17-6-5-9-26-17/h5-10,16H,11-12H2,1-4H3,(H,21,25)(H,22,24)/t16-/m0/s1. The lowest BCUT2D eigenvalue weighted by molar-refractivity contribution is -0.117. The molecule has 2 aromatic rings. The van der Waals surface area contributed by atoms with Crippen molar-refractivity contribution in [3.05, 3.63) is 53.5 Å². The Hall–Kier alpha value is -2.60. The molecule has 3 rings (SSSR count). The van der Waals surface area contributed by atoms with E-state index in [1.807, 2.05) is 51.0 Å². The van der Waals surface area contributed by atoms with E-state index in [0.29, 0.717) is 18.5 Å². The van der Waals surface area contributed by atoms with Gasteiger partial charge < -0.3 is 15.1 Å². The van der Waals surface area contributed by atoms with Gasteiger partial charge in [-0.3, -0.25) is 14.5 Å². The van der Waals surface area contributed by atoms with Gasteiger partial charge in [0.25, 0.3) is 5.91 Å². The van der Waals surface area contributed by atoms with Crippen LogP contribution in [0, 0.1) is 0 Å². The van der Waals surface area contributed by atoms with Gasteiger partial charge in [-0.1, -0.05) is 13.8 Å². The van der Waals surface area contributed by atoms with Crippen molar-refractivity contribution in [1.82, 2.24) is 10.2 Å². The monoisotopic (exact) mass is 355 g/mol. The van der Waals surface area contributed by atoms with Crippen LogP contribution in [0.25, 0.3) is 0 Å². The topological polar surface area (TPSA) is 74.6 Å². The van der Waals surface area contributed by atoms with Gasteiger partial charge in [-0.15, -0.1) is 0 Å². The van der Waals surface area contributed by atoms with Crippen molar-refractivity contribution < 1.29 is 14.0 Å². The van der Waals surface area contributed by atoms with E-state index < -0.39 is 0 Å². The summed E-state index contributed by atoms with van der Waals surface area (Å²) in [7, 11) is 3.90. The second kappa shape index (κ2) is 6.96. The van der Waals surface area contributed by atoms with E-state index >= 15 is 0 Å². The molecule has 0 fully saturated rings. The lowest BCUT2D eigenvalue weighted by Crippen LogP contribution is -2.35. The van der Waals surface area contributed by atoms with Crippen molar-refractivity contribution in [2.75, 3.05) is 26.0 Å². The van der Waals surface area contributed by atoms with Gasteiger partial charge in [0, 0.05) is 29.6 Å². The molecule has 138 valence electrons. The molecule has 6 nitrogen and oxygen atoms in total. The SMILES string of the molecule is CN(C)[C@@H](CNC(=O)c1ccc2c(c1)C(C)(C)CC(=O)N2)c1ccco1. The Morgan fingerprint density at radius 2 is 2.12 bits per heavy atom. The first-order valence-electron chi connectivity index (χ1n) is 8.70. The number of benzene rings is 1. The van der Waals surface area contributed by atoms with Gasteiger partial charge in [-0.05, 0) is 50.0 Å². The summed E-state index contributed by atoms with van der Waals surface area (Å²) < 4.78 is 5.47. The molecule has 0 bridgehead atoms. The zero-order chi connectivity index (χ0) is 18.9. The molecular formula is C20H25N3O3. The molecule has 2 heterocycles. The number of furan rings is 1. The second-order valence-corrected chi connectivity index (χ2v) is 7.57. The normalized spacial score (nSPS) is 16.7. The number of fused-ring (bicyclic) bond motifs is 1. The largest absolute Gasteiger partial charge is 0.468 e. The summed E-state index contributed by atoms with van der Waals surface area (Å²) >= 11 is 0. The number of nitrogens with zero attached hydrogens (tertiary/aromatic N) is 1. The number of likely N-dealkylation sites (N-methyl/N-ethyl adjacent to an activating group) is 1. The molecule has 6 heteroatoms. The van der Waals surface area contributed by atoms with Crippen LogP contribution in [0.3, 0.4) is 0 Å². The van der Waals surface area contributed by atoms with Crippen molar-refractivity contribution in [3.63, 3.8) is 0 Å². The summed E-state index contributed by atoms with van der Waals surface area (Å²) in [6.07, 6.45) is 2.04. The molecule has 1 aliphatic heterocycles. The fraction of sp³-hybridized carbons (Fsp3) is 0.400. The Balaban J connectivity index is 1.75. The summed E-state index contributed by atoms with van der Waals surface area (Å²) in [5.74, 6) is 0.676. The first-order valence-corrected chi connectivity index (χ1v) is 8.70. The number of rotatable bonds is 5. The molecule has 0 spiro atoms. The maximum atomic E-state index is 12.7. The van der Waals surface area contributed by atoms with Crippen LogP contribution >= 0.6 is 0 Å². The number of nitrogens with one attached hydrogen (secondary N) is 2. The third-order valence-electron chi connectivity index (χ3n) is 4.84. The highest BCUT2D eigenvalue weighted by molar-refractivity contribution is 5.98. The quantitative estimate of drug-likeness (QED) is 0.865. The van der Waals surface area contributed by atoms with Crippen LogP contribution in [0.5, 0.6) is 0 Å². The summed E-state index contributed by atoms with van der Waals surface area (Å²) in [6, 6.07) is 9.13. The molecular weight excluding hydrogens is 330 g/mol. The third-order valence-corrected chi connectivity index (χ3v) is 4.84. The molecule has 1 aromatic heterocycles. The molecule has 1 aromatic carbocycles. The van der Waals surface area contributed by atoms with E-state index in [0.717, 1.165) is 17.0 Å². The Kier molecular flexibility index (Phi) is 4.87. The highest BCUT2D eigenvalue weighted by Crippen LogP contribution is 2.37. The predicted octanol–water partition coefficient (Wildman–Crippen LogP) is 2.93. The van der Waals surface area contributed by atoms with Gasteiger partial charge in [-0.25, -0.2) is 0 Å². The first kappa shape index (κ1) is 18.2. The zero-order valence-corrected chi connectivity index (χ0v) is 15.6. The molecule has 1 aliphatic rings. The summed E-state index contributed by atoms with van der Waals surface area (Å²) in [5.41, 5.74) is 2.06. The summed E-state index contributed by atoms with van der Waals surface area (Å²) in [5, 5.41) is 5.86. The molecule has 2 N–H and O–H groups in total. The van der Waals surface area contributed by atoms with Gasteiger partial charge in [0.05, 0.1) is 12.3 Å². The molecule has 0 saturated carbocycles. The van der Waals surface area contributed by atoms with Crippen molar-refractivity contribution >= 4 is 17.5 Å². The highest BCUT2D eigenvalue weighted by atomic mass is 16.3. The lowest BCUT2D eigenvalue weighted by atomic mass is 9.77. The van der Waals surface area contributed by atoms with E-state index in [1.54, 1.807) is 18.4 Å². The van der Waals surface area contributed by atoms with Crippen LogP contribution in [0.2, 0.25) is 0 Å². The lowest BCUT2D eigenvalue weighted by Gasteiger charge is -2.32. The third kappa shape index (κ3) is 3.65. The van der Waals surface area contributed by atoms with Gasteiger partial charge in [0.15, 0.2) is 0 Å². The molecule has 2 amide bonds. The van der Waals surface area contributed by atoms with Crippen LogP contribution in [0.15, 0.2) is 41.0 Å². The Morgan fingerprint density at radius 3 is 2.77 bits per heavy atom. The van der Waals surface area contributed by atoms with Gasteiger partial charge >= 0.3 is 0 Å². The Morgan fingerprint density at radius 1 is 1.35 bits per heavy atom. The number of carbonyl (C=O) groups excluding carboxylic acids is 2. The molecule has 26 heavy (non-hydrogen) atoms. The van der Waals surface area contributed by atoms with Crippen LogP contribution in [-0.4, -0.2) is 37.4 Å². The first-order chi connectivity index (χ1) is 12.3. The van der Waals surface area contributed by atoms with Crippen LogP contribution < -0.4 is 10.6 Å². The molecule has 0 aliphatic carbocycles. The minimum atomic E-state index is -0.297. The number of hydrogen-bond acceptors (Lipinski definition) is 4.